The third-order valence-corrected chi connectivity index (χ3v) is 3.81. The molecule has 0 aliphatic rings. The predicted octanol–water partition coefficient (Wildman–Crippen LogP) is 4.03. The second-order valence-electron chi connectivity index (χ2n) is 4.25. The topological polar surface area (TPSA) is 12.0 Å². The minimum Gasteiger partial charge on any atom is -0.313 e. The first-order chi connectivity index (χ1) is 8.26. The highest BCUT2D eigenvalue weighted by molar-refractivity contribution is 7.99. The van der Waals surface area contributed by atoms with Gasteiger partial charge in [0.1, 0.15) is 0 Å². The van der Waals surface area contributed by atoms with Gasteiger partial charge in [-0.15, -0.1) is 18.3 Å². The summed E-state index contributed by atoms with van der Waals surface area (Å²) in [6.45, 7) is 9.13. The van der Waals surface area contributed by atoms with Gasteiger partial charge in [-0.1, -0.05) is 30.7 Å². The maximum atomic E-state index is 3.79. The Morgan fingerprint density at radius 3 is 2.94 bits per heavy atom. The van der Waals surface area contributed by atoms with Crippen molar-refractivity contribution < 1.29 is 0 Å². The summed E-state index contributed by atoms with van der Waals surface area (Å²) < 4.78 is 0. The van der Waals surface area contributed by atoms with Crippen LogP contribution in [0, 0.1) is 6.92 Å². The Morgan fingerprint density at radius 1 is 1.47 bits per heavy atom. The molecule has 1 atom stereocenters. The first-order valence-corrected chi connectivity index (χ1v) is 7.28. The van der Waals surface area contributed by atoms with Crippen molar-refractivity contribution in [3.8, 4) is 0 Å². The summed E-state index contributed by atoms with van der Waals surface area (Å²) in [5.74, 6) is 1.13. The van der Waals surface area contributed by atoms with E-state index in [1.165, 1.54) is 16.9 Å². The molecule has 0 bridgehead atoms. The molecule has 2 heteroatoms. The Balaban J connectivity index is 2.42. The second-order valence-corrected chi connectivity index (χ2v) is 5.34. The van der Waals surface area contributed by atoms with Gasteiger partial charge >= 0.3 is 0 Å². The molecule has 0 amide bonds. The minimum absolute atomic E-state index is 0.587. The van der Waals surface area contributed by atoms with Crippen molar-refractivity contribution in [2.45, 2.75) is 37.6 Å². The highest BCUT2D eigenvalue weighted by Crippen LogP contribution is 2.20. The number of nitrogens with one attached hydrogen (secondary N) is 1. The van der Waals surface area contributed by atoms with E-state index in [9.17, 15) is 0 Å². The second kappa shape index (κ2) is 8.37. The molecule has 1 rings (SSSR count). The average molecular weight is 249 g/mol. The summed E-state index contributed by atoms with van der Waals surface area (Å²) in [6.07, 6.45) is 4.27. The van der Waals surface area contributed by atoms with Crippen LogP contribution in [0.2, 0.25) is 0 Å². The standard InChI is InChI=1S/C15H23NS/c1-4-6-9-14(16-5-2)12-17-15-10-7-8-13(3)11-15/h4,7-8,10-11,14,16H,1,5-6,9,12H2,2-3H3. The number of hydrogen-bond donors (Lipinski definition) is 1. The molecule has 0 heterocycles. The van der Waals surface area contributed by atoms with Crippen LogP contribution in [0.5, 0.6) is 0 Å². The molecule has 1 aromatic rings. The number of hydrogen-bond acceptors (Lipinski definition) is 2. The maximum Gasteiger partial charge on any atom is 0.0164 e. The van der Waals surface area contributed by atoms with E-state index in [0.29, 0.717) is 6.04 Å². The zero-order valence-electron chi connectivity index (χ0n) is 10.9. The Bertz CT molecular complexity index is 335. The van der Waals surface area contributed by atoms with Gasteiger partial charge in [-0.25, -0.2) is 0 Å². The highest BCUT2D eigenvalue weighted by Gasteiger charge is 2.06. The third-order valence-electron chi connectivity index (χ3n) is 2.65. The number of benzene rings is 1. The molecule has 0 saturated heterocycles. The smallest absolute Gasteiger partial charge is 0.0164 e. The zero-order valence-corrected chi connectivity index (χ0v) is 11.7. The van der Waals surface area contributed by atoms with Crippen LogP contribution in [0.4, 0.5) is 0 Å². The molecule has 1 unspecified atom stereocenters. The molecule has 94 valence electrons. The maximum absolute atomic E-state index is 3.79. The fourth-order valence-corrected chi connectivity index (χ4v) is 2.88. The average Bonchev–Trinajstić information content (AvgIpc) is 2.33. The lowest BCUT2D eigenvalue weighted by atomic mass is 10.2. The van der Waals surface area contributed by atoms with E-state index in [2.05, 4.69) is 50.0 Å². The molecule has 0 aliphatic carbocycles. The van der Waals surface area contributed by atoms with Crippen LogP contribution in [-0.2, 0) is 0 Å². The van der Waals surface area contributed by atoms with Gasteiger partial charge in [0, 0.05) is 16.7 Å². The summed E-state index contributed by atoms with van der Waals surface area (Å²) in [5, 5.41) is 3.53. The quantitative estimate of drug-likeness (QED) is 0.551. The largest absolute Gasteiger partial charge is 0.313 e. The molecule has 0 spiro atoms. The normalized spacial score (nSPS) is 12.4. The molecule has 17 heavy (non-hydrogen) atoms. The predicted molar refractivity (Wildman–Crippen MR) is 78.8 cm³/mol. The van der Waals surface area contributed by atoms with E-state index in [1.807, 2.05) is 17.8 Å². The fourth-order valence-electron chi connectivity index (χ4n) is 1.75. The SMILES string of the molecule is C=CCCC(CSc1cccc(C)c1)NCC. The van der Waals surface area contributed by atoms with E-state index >= 15 is 0 Å². The van der Waals surface area contributed by atoms with Crippen molar-refractivity contribution >= 4 is 11.8 Å². The number of aryl methyl sites for hydroxylation is 1. The molecule has 0 aliphatic heterocycles. The Kier molecular flexibility index (Phi) is 7.06. The van der Waals surface area contributed by atoms with Crippen molar-refractivity contribution in [1.29, 1.82) is 0 Å². The lowest BCUT2D eigenvalue weighted by Gasteiger charge is -2.16. The summed E-state index contributed by atoms with van der Waals surface area (Å²) in [7, 11) is 0. The molecule has 1 nitrogen and oxygen atoms in total. The van der Waals surface area contributed by atoms with Crippen molar-refractivity contribution in [2.24, 2.45) is 0 Å². The van der Waals surface area contributed by atoms with Crippen LogP contribution in [0.1, 0.15) is 25.3 Å². The first kappa shape index (κ1) is 14.3. The van der Waals surface area contributed by atoms with E-state index in [1.54, 1.807) is 0 Å². The Morgan fingerprint density at radius 2 is 2.29 bits per heavy atom. The van der Waals surface area contributed by atoms with E-state index in [-0.39, 0.29) is 0 Å². The Hall–Kier alpha value is -0.730. The monoisotopic (exact) mass is 249 g/mol. The van der Waals surface area contributed by atoms with Crippen LogP contribution < -0.4 is 5.32 Å². The van der Waals surface area contributed by atoms with Crippen LogP contribution in [-0.4, -0.2) is 18.3 Å². The number of rotatable bonds is 8. The molecular formula is C15H23NS. The van der Waals surface area contributed by atoms with Crippen LogP contribution in [0.3, 0.4) is 0 Å². The Labute approximate surface area is 110 Å². The highest BCUT2D eigenvalue weighted by atomic mass is 32.2. The number of thioether (sulfide) groups is 1. The van der Waals surface area contributed by atoms with Crippen molar-refractivity contribution in [3.05, 3.63) is 42.5 Å². The number of allylic oxidation sites excluding steroid dienone is 1. The van der Waals surface area contributed by atoms with E-state index in [0.717, 1.165) is 18.7 Å². The van der Waals surface area contributed by atoms with Gasteiger partial charge in [0.25, 0.3) is 0 Å². The van der Waals surface area contributed by atoms with Gasteiger partial charge < -0.3 is 5.32 Å². The summed E-state index contributed by atoms with van der Waals surface area (Å²) >= 11 is 1.94. The molecule has 0 aromatic heterocycles. The van der Waals surface area contributed by atoms with Crippen LogP contribution in [0.15, 0.2) is 41.8 Å². The van der Waals surface area contributed by atoms with Gasteiger partial charge in [0.15, 0.2) is 0 Å². The molecule has 1 aromatic carbocycles. The van der Waals surface area contributed by atoms with Crippen molar-refractivity contribution in [1.82, 2.24) is 5.32 Å². The molecule has 1 N–H and O–H groups in total. The van der Waals surface area contributed by atoms with Gasteiger partial charge in [-0.05, 0) is 38.4 Å². The summed E-state index contributed by atoms with van der Waals surface area (Å²) in [5.41, 5.74) is 1.33. The van der Waals surface area contributed by atoms with Crippen LogP contribution in [0.25, 0.3) is 0 Å². The molecular weight excluding hydrogens is 226 g/mol. The first-order valence-electron chi connectivity index (χ1n) is 6.30. The van der Waals surface area contributed by atoms with E-state index < -0.39 is 0 Å². The third kappa shape index (κ3) is 5.94. The van der Waals surface area contributed by atoms with E-state index in [4.69, 9.17) is 0 Å². The lowest BCUT2D eigenvalue weighted by Crippen LogP contribution is -2.30. The van der Waals surface area contributed by atoms with Gasteiger partial charge in [0.2, 0.25) is 0 Å². The summed E-state index contributed by atoms with van der Waals surface area (Å²) in [4.78, 5) is 1.37. The minimum atomic E-state index is 0.587. The van der Waals surface area contributed by atoms with Crippen molar-refractivity contribution in [2.75, 3.05) is 12.3 Å². The van der Waals surface area contributed by atoms with Crippen molar-refractivity contribution in [3.63, 3.8) is 0 Å². The summed E-state index contributed by atoms with van der Waals surface area (Å²) in [6, 6.07) is 9.30. The fraction of sp³-hybridized carbons (Fsp3) is 0.467. The zero-order chi connectivity index (χ0) is 12.5. The molecule has 0 fully saturated rings. The van der Waals surface area contributed by atoms with Crippen LogP contribution >= 0.6 is 11.8 Å². The lowest BCUT2D eigenvalue weighted by molar-refractivity contribution is 0.542. The van der Waals surface area contributed by atoms with Gasteiger partial charge in [0.05, 0.1) is 0 Å². The van der Waals surface area contributed by atoms with Gasteiger partial charge in [-0.2, -0.15) is 0 Å². The molecule has 0 radical (unpaired) electrons. The molecule has 0 saturated carbocycles. The van der Waals surface area contributed by atoms with Gasteiger partial charge in [-0.3, -0.25) is 0 Å².